The van der Waals surface area contributed by atoms with E-state index in [0.29, 0.717) is 18.7 Å². The molecule has 0 radical (unpaired) electrons. The quantitative estimate of drug-likeness (QED) is 0.785. The fourth-order valence-corrected chi connectivity index (χ4v) is 1.73. The molecule has 0 fully saturated rings. The molecule has 0 bridgehead atoms. The lowest BCUT2D eigenvalue weighted by atomic mass is 9.89. The Labute approximate surface area is 126 Å². The van der Waals surface area contributed by atoms with Gasteiger partial charge in [0, 0.05) is 31.4 Å². The van der Waals surface area contributed by atoms with Gasteiger partial charge in [-0.25, -0.2) is 0 Å². The zero-order valence-corrected chi connectivity index (χ0v) is 12.9. The van der Waals surface area contributed by atoms with E-state index in [1.54, 1.807) is 31.4 Å². The molecule has 0 aliphatic rings. The van der Waals surface area contributed by atoms with Crippen molar-refractivity contribution in [3.8, 4) is 11.8 Å². The number of ether oxygens (including phenoxy) is 1. The number of benzene rings is 1. The second kappa shape index (κ2) is 8.46. The normalized spacial score (nSPS) is 10.7. The third-order valence-corrected chi connectivity index (χ3v) is 3.17. The summed E-state index contributed by atoms with van der Waals surface area (Å²) in [5.41, 5.74) is 1.38. The van der Waals surface area contributed by atoms with Crippen molar-refractivity contribution in [1.82, 2.24) is 5.32 Å². The summed E-state index contributed by atoms with van der Waals surface area (Å²) < 4.78 is 5.07. The summed E-state index contributed by atoms with van der Waals surface area (Å²) >= 11 is 0. The van der Waals surface area contributed by atoms with Crippen LogP contribution in [0.5, 0.6) is 0 Å². The number of carbonyl (C=O) groups excluding carboxylic acids is 1. The smallest absolute Gasteiger partial charge is 0.251 e. The molecule has 2 N–H and O–H groups in total. The number of hydrogen-bond donors (Lipinski definition) is 2. The number of amides is 1. The van der Waals surface area contributed by atoms with Crippen LogP contribution in [0, 0.1) is 17.3 Å². The Kier molecular flexibility index (Phi) is 6.93. The molecular formula is C17H23NO3. The van der Waals surface area contributed by atoms with Gasteiger partial charge in [-0.15, -0.1) is 0 Å². The second-order valence-electron chi connectivity index (χ2n) is 5.63. The lowest BCUT2D eigenvalue weighted by Crippen LogP contribution is -2.34. The van der Waals surface area contributed by atoms with Crippen molar-refractivity contribution < 1.29 is 14.6 Å². The van der Waals surface area contributed by atoms with Gasteiger partial charge in [-0.05, 0) is 36.1 Å². The number of hydrogen-bond acceptors (Lipinski definition) is 3. The molecule has 1 amide bonds. The standard InChI is InChI=1S/C17H23NO3/c1-17(2,10-12-21-3)13-18-16(20)15-8-6-14(7-9-15)5-4-11-19/h6-9,19H,10-13H2,1-3H3,(H,18,20). The first-order chi connectivity index (χ1) is 9.98. The van der Waals surface area contributed by atoms with Gasteiger partial charge < -0.3 is 15.2 Å². The zero-order valence-electron chi connectivity index (χ0n) is 12.9. The maximum absolute atomic E-state index is 12.1. The highest BCUT2D eigenvalue weighted by Crippen LogP contribution is 2.18. The first-order valence-corrected chi connectivity index (χ1v) is 6.95. The summed E-state index contributed by atoms with van der Waals surface area (Å²) in [6.07, 6.45) is 0.888. The summed E-state index contributed by atoms with van der Waals surface area (Å²) in [5, 5.41) is 11.6. The Hall–Kier alpha value is -1.83. The van der Waals surface area contributed by atoms with E-state index in [1.165, 1.54) is 0 Å². The lowest BCUT2D eigenvalue weighted by molar-refractivity contribution is 0.0921. The van der Waals surface area contributed by atoms with Crippen LogP contribution in [-0.2, 0) is 4.74 Å². The molecule has 0 aliphatic carbocycles. The number of methoxy groups -OCH3 is 1. The van der Waals surface area contributed by atoms with E-state index in [4.69, 9.17) is 9.84 Å². The molecule has 21 heavy (non-hydrogen) atoms. The van der Waals surface area contributed by atoms with E-state index in [-0.39, 0.29) is 17.9 Å². The zero-order chi connectivity index (χ0) is 15.7. The Balaban J connectivity index is 2.56. The SMILES string of the molecule is COCCC(C)(C)CNC(=O)c1ccc(C#CCO)cc1. The van der Waals surface area contributed by atoms with Gasteiger partial charge in [0.15, 0.2) is 0 Å². The van der Waals surface area contributed by atoms with Crippen LogP contribution >= 0.6 is 0 Å². The molecule has 1 rings (SSSR count). The number of rotatable bonds is 6. The minimum Gasteiger partial charge on any atom is -0.385 e. The average molecular weight is 289 g/mol. The number of carbonyl (C=O) groups is 1. The molecule has 0 aliphatic heterocycles. The topological polar surface area (TPSA) is 58.6 Å². The van der Waals surface area contributed by atoms with Gasteiger partial charge in [0.25, 0.3) is 5.91 Å². The van der Waals surface area contributed by atoms with Crippen molar-refractivity contribution >= 4 is 5.91 Å². The van der Waals surface area contributed by atoms with Crippen LogP contribution in [0.2, 0.25) is 0 Å². The van der Waals surface area contributed by atoms with Crippen molar-refractivity contribution in [3.63, 3.8) is 0 Å². The Morgan fingerprint density at radius 2 is 2.00 bits per heavy atom. The Morgan fingerprint density at radius 1 is 1.33 bits per heavy atom. The number of aliphatic hydroxyl groups is 1. The van der Waals surface area contributed by atoms with Gasteiger partial charge >= 0.3 is 0 Å². The van der Waals surface area contributed by atoms with Crippen LogP contribution in [0.3, 0.4) is 0 Å². The average Bonchev–Trinajstić information content (AvgIpc) is 2.49. The maximum Gasteiger partial charge on any atom is 0.251 e. The highest BCUT2D eigenvalue weighted by Gasteiger charge is 2.18. The summed E-state index contributed by atoms with van der Waals surface area (Å²) in [6, 6.07) is 7.01. The molecule has 4 nitrogen and oxygen atoms in total. The molecule has 0 unspecified atom stereocenters. The van der Waals surface area contributed by atoms with E-state index in [2.05, 4.69) is 31.0 Å². The van der Waals surface area contributed by atoms with Gasteiger partial charge in [0.2, 0.25) is 0 Å². The second-order valence-corrected chi connectivity index (χ2v) is 5.63. The van der Waals surface area contributed by atoms with E-state index in [1.807, 2.05) is 0 Å². The number of nitrogens with one attached hydrogen (secondary N) is 1. The summed E-state index contributed by atoms with van der Waals surface area (Å²) in [7, 11) is 1.68. The third-order valence-electron chi connectivity index (χ3n) is 3.17. The van der Waals surface area contributed by atoms with Gasteiger partial charge in [0.1, 0.15) is 6.61 Å². The van der Waals surface area contributed by atoms with E-state index in [9.17, 15) is 4.79 Å². The van der Waals surface area contributed by atoms with Crippen molar-refractivity contribution in [2.24, 2.45) is 5.41 Å². The highest BCUT2D eigenvalue weighted by atomic mass is 16.5. The van der Waals surface area contributed by atoms with Gasteiger partial charge in [0.05, 0.1) is 0 Å². The molecule has 114 valence electrons. The highest BCUT2D eigenvalue weighted by molar-refractivity contribution is 5.94. The number of aliphatic hydroxyl groups excluding tert-OH is 1. The van der Waals surface area contributed by atoms with Crippen molar-refractivity contribution in [3.05, 3.63) is 35.4 Å². The summed E-state index contributed by atoms with van der Waals surface area (Å²) in [5.74, 6) is 5.27. The predicted octanol–water partition coefficient (Wildman–Crippen LogP) is 1.82. The third kappa shape index (κ3) is 6.44. The molecular weight excluding hydrogens is 266 g/mol. The predicted molar refractivity (Wildman–Crippen MR) is 83.0 cm³/mol. The first-order valence-electron chi connectivity index (χ1n) is 6.95. The summed E-state index contributed by atoms with van der Waals surface area (Å²) in [6.45, 7) is 5.31. The van der Waals surface area contributed by atoms with Gasteiger partial charge in [-0.2, -0.15) is 0 Å². The molecule has 4 heteroatoms. The fraction of sp³-hybridized carbons (Fsp3) is 0.471. The molecule has 0 saturated carbocycles. The van der Waals surface area contributed by atoms with Gasteiger partial charge in [-0.3, -0.25) is 4.79 Å². The molecule has 1 aromatic carbocycles. The van der Waals surface area contributed by atoms with Crippen LogP contribution in [0.1, 0.15) is 36.2 Å². The molecule has 1 aromatic rings. The minimum absolute atomic E-state index is 0.00177. The lowest BCUT2D eigenvalue weighted by Gasteiger charge is -2.24. The van der Waals surface area contributed by atoms with Crippen molar-refractivity contribution in [2.75, 3.05) is 26.9 Å². The molecule has 0 aromatic heterocycles. The Morgan fingerprint density at radius 3 is 2.57 bits per heavy atom. The monoisotopic (exact) mass is 289 g/mol. The van der Waals surface area contributed by atoms with Crippen molar-refractivity contribution in [1.29, 1.82) is 0 Å². The molecule has 0 spiro atoms. The van der Waals surface area contributed by atoms with E-state index >= 15 is 0 Å². The first kappa shape index (κ1) is 17.2. The van der Waals surface area contributed by atoms with Crippen LogP contribution < -0.4 is 5.32 Å². The molecule has 0 heterocycles. The van der Waals surface area contributed by atoms with E-state index < -0.39 is 0 Å². The van der Waals surface area contributed by atoms with Gasteiger partial charge in [-0.1, -0.05) is 25.7 Å². The largest absolute Gasteiger partial charge is 0.385 e. The van der Waals surface area contributed by atoms with Crippen LogP contribution in [0.15, 0.2) is 24.3 Å². The fourth-order valence-electron chi connectivity index (χ4n) is 1.73. The minimum atomic E-state index is -0.168. The van der Waals surface area contributed by atoms with Crippen LogP contribution in [0.25, 0.3) is 0 Å². The summed E-state index contributed by atoms with van der Waals surface area (Å²) in [4.78, 5) is 12.1. The molecule has 0 saturated heterocycles. The van der Waals surface area contributed by atoms with E-state index in [0.717, 1.165) is 12.0 Å². The van der Waals surface area contributed by atoms with Crippen LogP contribution in [0.4, 0.5) is 0 Å². The van der Waals surface area contributed by atoms with Crippen LogP contribution in [-0.4, -0.2) is 37.9 Å². The maximum atomic E-state index is 12.1. The van der Waals surface area contributed by atoms with Crippen molar-refractivity contribution in [2.45, 2.75) is 20.3 Å². The Bertz CT molecular complexity index is 509. The molecule has 0 atom stereocenters.